The van der Waals surface area contributed by atoms with Gasteiger partial charge in [0.2, 0.25) is 0 Å². The van der Waals surface area contributed by atoms with Crippen LogP contribution in [0.2, 0.25) is 5.02 Å². The van der Waals surface area contributed by atoms with Crippen molar-refractivity contribution in [1.82, 2.24) is 5.32 Å². The fraction of sp³-hybridized carbons (Fsp3) is 0.600. The van der Waals surface area contributed by atoms with Crippen molar-refractivity contribution in [3.63, 3.8) is 0 Å². The molecule has 3 atom stereocenters. The van der Waals surface area contributed by atoms with Gasteiger partial charge < -0.3 is 14.8 Å². The topological polar surface area (TPSA) is 30.5 Å². The summed E-state index contributed by atoms with van der Waals surface area (Å²) in [6.45, 7) is 5.33. The third kappa shape index (κ3) is 2.98. The van der Waals surface area contributed by atoms with E-state index in [4.69, 9.17) is 21.1 Å². The maximum atomic E-state index is 6.41. The van der Waals surface area contributed by atoms with Crippen LogP contribution in [-0.4, -0.2) is 20.8 Å². The molecule has 1 aromatic rings. The summed E-state index contributed by atoms with van der Waals surface area (Å²) in [7, 11) is 3.27. The van der Waals surface area contributed by atoms with Crippen molar-refractivity contribution in [2.75, 3.05) is 20.8 Å². The number of benzene rings is 1. The molecule has 2 rings (SSSR count). The van der Waals surface area contributed by atoms with E-state index in [0.29, 0.717) is 17.7 Å². The molecule has 0 aliphatic heterocycles. The second-order valence-electron chi connectivity index (χ2n) is 5.14. The van der Waals surface area contributed by atoms with Gasteiger partial charge >= 0.3 is 0 Å². The molecule has 1 N–H and O–H groups in total. The molecule has 3 nitrogen and oxygen atoms in total. The Balaban J connectivity index is 2.36. The zero-order chi connectivity index (χ0) is 14.0. The van der Waals surface area contributed by atoms with Gasteiger partial charge in [0.1, 0.15) is 0 Å². The van der Waals surface area contributed by atoms with Gasteiger partial charge in [0.15, 0.2) is 11.5 Å². The minimum atomic E-state index is 0.298. The molecular weight excluding hydrogens is 262 g/mol. The molecule has 1 aliphatic carbocycles. The van der Waals surface area contributed by atoms with Crippen molar-refractivity contribution in [3.8, 4) is 11.5 Å². The lowest BCUT2D eigenvalue weighted by Gasteiger charge is -2.21. The van der Waals surface area contributed by atoms with Gasteiger partial charge in [-0.15, -0.1) is 0 Å². The molecule has 4 heteroatoms. The van der Waals surface area contributed by atoms with Gasteiger partial charge in [0.25, 0.3) is 0 Å². The first-order valence-corrected chi connectivity index (χ1v) is 7.14. The molecule has 1 saturated carbocycles. The third-order valence-corrected chi connectivity index (χ3v) is 4.19. The summed E-state index contributed by atoms with van der Waals surface area (Å²) in [6, 6.07) is 4.14. The molecule has 0 aromatic heterocycles. The van der Waals surface area contributed by atoms with E-state index in [1.165, 1.54) is 6.42 Å². The molecule has 106 valence electrons. The van der Waals surface area contributed by atoms with Crippen LogP contribution in [0.1, 0.15) is 31.9 Å². The Kier molecular flexibility index (Phi) is 4.58. The number of hydrogen-bond acceptors (Lipinski definition) is 3. The highest BCUT2D eigenvalue weighted by Crippen LogP contribution is 2.49. The number of hydrogen-bond donors (Lipinski definition) is 1. The van der Waals surface area contributed by atoms with E-state index >= 15 is 0 Å². The molecule has 0 heterocycles. The zero-order valence-corrected chi connectivity index (χ0v) is 12.8. The van der Waals surface area contributed by atoms with Crippen LogP contribution in [0.25, 0.3) is 0 Å². The Morgan fingerprint density at radius 3 is 2.37 bits per heavy atom. The van der Waals surface area contributed by atoms with Crippen LogP contribution in [0.4, 0.5) is 0 Å². The van der Waals surface area contributed by atoms with Crippen LogP contribution in [0, 0.1) is 11.8 Å². The van der Waals surface area contributed by atoms with Gasteiger partial charge in [-0.05, 0) is 36.4 Å². The molecule has 1 aliphatic rings. The molecule has 0 radical (unpaired) electrons. The van der Waals surface area contributed by atoms with Crippen molar-refractivity contribution < 1.29 is 9.47 Å². The van der Waals surface area contributed by atoms with Crippen molar-refractivity contribution in [2.24, 2.45) is 11.8 Å². The Hall–Kier alpha value is -0.930. The van der Waals surface area contributed by atoms with Gasteiger partial charge in [0, 0.05) is 17.1 Å². The highest BCUT2D eigenvalue weighted by Gasteiger charge is 2.40. The number of methoxy groups -OCH3 is 2. The minimum Gasteiger partial charge on any atom is -0.493 e. The average Bonchev–Trinajstić information content (AvgIpc) is 3.13. The lowest BCUT2D eigenvalue weighted by Crippen LogP contribution is -2.23. The predicted octanol–water partition coefficient (Wildman–Crippen LogP) is 3.66. The molecule has 1 fully saturated rings. The quantitative estimate of drug-likeness (QED) is 0.864. The fourth-order valence-corrected chi connectivity index (χ4v) is 2.91. The monoisotopic (exact) mass is 283 g/mol. The van der Waals surface area contributed by atoms with E-state index in [0.717, 1.165) is 28.8 Å². The third-order valence-electron chi connectivity index (χ3n) is 3.86. The number of nitrogens with one attached hydrogen (secondary N) is 1. The van der Waals surface area contributed by atoms with Crippen LogP contribution >= 0.6 is 11.6 Å². The summed E-state index contributed by atoms with van der Waals surface area (Å²) >= 11 is 6.41. The van der Waals surface area contributed by atoms with Gasteiger partial charge in [-0.3, -0.25) is 0 Å². The Labute approximate surface area is 120 Å². The zero-order valence-electron chi connectivity index (χ0n) is 12.0. The Morgan fingerprint density at radius 1 is 1.32 bits per heavy atom. The largest absolute Gasteiger partial charge is 0.493 e. The van der Waals surface area contributed by atoms with Crippen molar-refractivity contribution in [3.05, 3.63) is 22.7 Å². The van der Waals surface area contributed by atoms with Crippen LogP contribution in [0.5, 0.6) is 11.5 Å². The normalized spacial score (nSPS) is 23.0. The highest BCUT2D eigenvalue weighted by atomic mass is 35.5. The van der Waals surface area contributed by atoms with Crippen LogP contribution in [0.3, 0.4) is 0 Å². The minimum absolute atomic E-state index is 0.298. The fourth-order valence-electron chi connectivity index (χ4n) is 2.64. The van der Waals surface area contributed by atoms with E-state index in [9.17, 15) is 0 Å². The van der Waals surface area contributed by atoms with Gasteiger partial charge in [-0.1, -0.05) is 25.4 Å². The van der Waals surface area contributed by atoms with Crippen LogP contribution in [-0.2, 0) is 0 Å². The van der Waals surface area contributed by atoms with E-state index < -0.39 is 0 Å². The summed E-state index contributed by atoms with van der Waals surface area (Å²) < 4.78 is 10.7. The number of rotatable bonds is 6. The highest BCUT2D eigenvalue weighted by molar-refractivity contribution is 6.31. The molecule has 3 unspecified atom stereocenters. The number of ether oxygens (including phenoxy) is 2. The smallest absolute Gasteiger partial charge is 0.162 e. The first-order chi connectivity index (χ1) is 9.12. The average molecular weight is 284 g/mol. The molecule has 0 spiro atoms. The second-order valence-corrected chi connectivity index (χ2v) is 5.55. The molecular formula is C15H22ClNO2. The van der Waals surface area contributed by atoms with Crippen molar-refractivity contribution in [1.29, 1.82) is 0 Å². The van der Waals surface area contributed by atoms with E-state index in [1.54, 1.807) is 14.2 Å². The van der Waals surface area contributed by atoms with E-state index in [1.807, 2.05) is 12.1 Å². The van der Waals surface area contributed by atoms with Gasteiger partial charge in [-0.25, -0.2) is 0 Å². The lowest BCUT2D eigenvalue weighted by molar-refractivity contribution is 0.353. The van der Waals surface area contributed by atoms with Gasteiger partial charge in [-0.2, -0.15) is 0 Å². The van der Waals surface area contributed by atoms with Crippen LogP contribution < -0.4 is 14.8 Å². The summed E-state index contributed by atoms with van der Waals surface area (Å²) in [6.07, 6.45) is 1.25. The summed E-state index contributed by atoms with van der Waals surface area (Å²) in [5, 5.41) is 4.28. The standard InChI is InChI=1S/C15H22ClNO2/c1-5-17-15(10-6-9(10)2)11-7-13(18-3)14(19-4)8-12(11)16/h7-10,15,17H,5-6H2,1-4H3. The first kappa shape index (κ1) is 14.5. The van der Waals surface area contributed by atoms with Crippen molar-refractivity contribution >= 4 is 11.6 Å². The number of halogens is 1. The SMILES string of the molecule is CCNC(c1cc(OC)c(OC)cc1Cl)C1CC1C. The summed E-state index contributed by atoms with van der Waals surface area (Å²) in [5.74, 6) is 2.83. The second kappa shape index (κ2) is 6.02. The Morgan fingerprint density at radius 2 is 1.89 bits per heavy atom. The summed E-state index contributed by atoms with van der Waals surface area (Å²) in [4.78, 5) is 0. The summed E-state index contributed by atoms with van der Waals surface area (Å²) in [5.41, 5.74) is 1.11. The van der Waals surface area contributed by atoms with Crippen molar-refractivity contribution in [2.45, 2.75) is 26.3 Å². The Bertz CT molecular complexity index is 450. The molecule has 19 heavy (non-hydrogen) atoms. The lowest BCUT2D eigenvalue weighted by atomic mass is 10.00. The first-order valence-electron chi connectivity index (χ1n) is 6.77. The molecule has 1 aromatic carbocycles. The molecule has 0 bridgehead atoms. The van der Waals surface area contributed by atoms with Crippen LogP contribution in [0.15, 0.2) is 12.1 Å². The van der Waals surface area contributed by atoms with E-state index in [-0.39, 0.29) is 0 Å². The van der Waals surface area contributed by atoms with Gasteiger partial charge in [0.05, 0.1) is 14.2 Å². The predicted molar refractivity (Wildman–Crippen MR) is 78.2 cm³/mol. The molecule has 0 amide bonds. The maximum absolute atomic E-state index is 6.41. The molecule has 0 saturated heterocycles. The maximum Gasteiger partial charge on any atom is 0.162 e. The van der Waals surface area contributed by atoms with E-state index in [2.05, 4.69) is 19.2 Å².